The van der Waals surface area contributed by atoms with Crippen LogP contribution in [0.4, 0.5) is 5.69 Å². The van der Waals surface area contributed by atoms with Crippen LogP contribution in [0.3, 0.4) is 0 Å². The number of hydrogen-bond donors (Lipinski definition) is 1. The van der Waals surface area contributed by atoms with Crippen LogP contribution in [0.15, 0.2) is 53.0 Å². The van der Waals surface area contributed by atoms with Crippen molar-refractivity contribution < 1.29 is 0 Å². The summed E-state index contributed by atoms with van der Waals surface area (Å²) in [5, 5.41) is 6.08. The Morgan fingerprint density at radius 3 is 2.68 bits per heavy atom. The molecule has 1 heterocycles. The van der Waals surface area contributed by atoms with Gasteiger partial charge in [0.15, 0.2) is 0 Å². The lowest BCUT2D eigenvalue weighted by Gasteiger charge is -2.08. The minimum Gasteiger partial charge on any atom is -0.380 e. The van der Waals surface area contributed by atoms with E-state index in [2.05, 4.69) is 76.7 Å². The lowest BCUT2D eigenvalue weighted by atomic mass is 10.1. The topological polar surface area (TPSA) is 12.0 Å². The van der Waals surface area contributed by atoms with Gasteiger partial charge in [-0.25, -0.2) is 0 Å². The monoisotopic (exact) mass is 331 g/mol. The molecule has 19 heavy (non-hydrogen) atoms. The summed E-state index contributed by atoms with van der Waals surface area (Å²) in [5.74, 6) is 0. The normalized spacial score (nSPS) is 10.8. The summed E-state index contributed by atoms with van der Waals surface area (Å²) in [6.07, 6.45) is 0. The molecular formula is C16H14BrNS. The molecule has 0 saturated carbocycles. The maximum absolute atomic E-state index is 3.56. The maximum atomic E-state index is 3.56. The summed E-state index contributed by atoms with van der Waals surface area (Å²) >= 11 is 5.39. The van der Waals surface area contributed by atoms with Gasteiger partial charge in [-0.15, -0.1) is 11.3 Å². The lowest BCUT2D eigenvalue weighted by molar-refractivity contribution is 1.20. The molecule has 0 amide bonds. The van der Waals surface area contributed by atoms with Gasteiger partial charge < -0.3 is 5.32 Å². The Hall–Kier alpha value is -1.32. The van der Waals surface area contributed by atoms with E-state index in [0.717, 1.165) is 6.54 Å². The largest absolute Gasteiger partial charge is 0.380 e. The van der Waals surface area contributed by atoms with Crippen molar-refractivity contribution >= 4 is 43.7 Å². The third kappa shape index (κ3) is 2.67. The molecule has 1 aromatic heterocycles. The van der Waals surface area contributed by atoms with Crippen LogP contribution in [-0.2, 0) is 6.54 Å². The predicted octanol–water partition coefficient (Wildman–Crippen LogP) is 5.58. The molecule has 0 aliphatic heterocycles. The first-order chi connectivity index (χ1) is 9.24. The van der Waals surface area contributed by atoms with Gasteiger partial charge in [0.05, 0.1) is 0 Å². The highest BCUT2D eigenvalue weighted by Gasteiger charge is 2.04. The van der Waals surface area contributed by atoms with Crippen LogP contribution in [0, 0.1) is 6.92 Å². The van der Waals surface area contributed by atoms with Gasteiger partial charge in [-0.1, -0.05) is 36.4 Å². The van der Waals surface area contributed by atoms with Gasteiger partial charge in [0, 0.05) is 31.8 Å². The quantitative estimate of drug-likeness (QED) is 0.660. The molecule has 0 spiro atoms. The van der Waals surface area contributed by atoms with Crippen LogP contribution in [0.1, 0.15) is 9.75 Å². The zero-order valence-electron chi connectivity index (χ0n) is 10.6. The SMILES string of the molecule is Cc1sc(CNc2cccc3ccccc23)cc1Br. The molecule has 1 nitrogen and oxygen atoms in total. The molecule has 3 heteroatoms. The highest BCUT2D eigenvalue weighted by Crippen LogP contribution is 2.28. The number of aryl methyl sites for hydroxylation is 1. The van der Waals surface area contributed by atoms with E-state index >= 15 is 0 Å². The third-order valence-electron chi connectivity index (χ3n) is 3.15. The Kier molecular flexibility index (Phi) is 3.58. The second-order valence-electron chi connectivity index (χ2n) is 4.50. The smallest absolute Gasteiger partial charge is 0.0494 e. The van der Waals surface area contributed by atoms with Crippen LogP contribution in [-0.4, -0.2) is 0 Å². The second kappa shape index (κ2) is 5.35. The number of fused-ring (bicyclic) bond motifs is 1. The molecule has 2 aromatic carbocycles. The molecule has 96 valence electrons. The number of benzene rings is 2. The fourth-order valence-electron chi connectivity index (χ4n) is 2.17. The Balaban J connectivity index is 1.85. The van der Waals surface area contributed by atoms with E-state index in [1.54, 1.807) is 0 Å². The fourth-order valence-corrected chi connectivity index (χ4v) is 3.71. The Morgan fingerprint density at radius 1 is 1.11 bits per heavy atom. The molecule has 0 aliphatic rings. The van der Waals surface area contributed by atoms with E-state index in [4.69, 9.17) is 0 Å². The molecule has 0 bridgehead atoms. The highest BCUT2D eigenvalue weighted by atomic mass is 79.9. The number of thiophene rings is 1. The van der Waals surface area contributed by atoms with Crippen molar-refractivity contribution in [2.75, 3.05) is 5.32 Å². The van der Waals surface area contributed by atoms with Gasteiger partial charge in [-0.05, 0) is 40.4 Å². The van der Waals surface area contributed by atoms with Crippen LogP contribution in [0.2, 0.25) is 0 Å². The van der Waals surface area contributed by atoms with Crippen molar-refractivity contribution in [3.8, 4) is 0 Å². The number of halogens is 1. The van der Waals surface area contributed by atoms with Gasteiger partial charge in [-0.3, -0.25) is 0 Å². The van der Waals surface area contributed by atoms with Gasteiger partial charge in [0.25, 0.3) is 0 Å². The van der Waals surface area contributed by atoms with Gasteiger partial charge in [-0.2, -0.15) is 0 Å². The molecule has 0 atom stereocenters. The standard InChI is InChI=1S/C16H14BrNS/c1-11-15(17)9-13(19-11)10-18-16-8-4-6-12-5-2-3-7-14(12)16/h2-9,18H,10H2,1H3. The van der Waals surface area contributed by atoms with E-state index in [-0.39, 0.29) is 0 Å². The zero-order valence-corrected chi connectivity index (χ0v) is 13.0. The van der Waals surface area contributed by atoms with Crippen LogP contribution < -0.4 is 5.32 Å². The Morgan fingerprint density at radius 2 is 1.89 bits per heavy atom. The summed E-state index contributed by atoms with van der Waals surface area (Å²) in [4.78, 5) is 2.67. The van der Waals surface area contributed by atoms with E-state index in [1.165, 1.54) is 30.7 Å². The molecule has 1 N–H and O–H groups in total. The first-order valence-corrected chi connectivity index (χ1v) is 7.81. The first-order valence-electron chi connectivity index (χ1n) is 6.20. The van der Waals surface area contributed by atoms with Crippen LogP contribution in [0.25, 0.3) is 10.8 Å². The fraction of sp³-hybridized carbons (Fsp3) is 0.125. The summed E-state index contributed by atoms with van der Waals surface area (Å²) in [6, 6.07) is 17.0. The Labute approximate surface area is 125 Å². The second-order valence-corrected chi connectivity index (χ2v) is 6.69. The predicted molar refractivity (Wildman–Crippen MR) is 88.0 cm³/mol. The molecule has 0 aliphatic carbocycles. The van der Waals surface area contributed by atoms with Gasteiger partial charge in [0.1, 0.15) is 0 Å². The van der Waals surface area contributed by atoms with Crippen molar-refractivity contribution in [3.63, 3.8) is 0 Å². The van der Waals surface area contributed by atoms with Gasteiger partial charge in [0.2, 0.25) is 0 Å². The van der Waals surface area contributed by atoms with E-state index in [0.29, 0.717) is 0 Å². The third-order valence-corrected chi connectivity index (χ3v) is 5.29. The van der Waals surface area contributed by atoms with E-state index < -0.39 is 0 Å². The van der Waals surface area contributed by atoms with E-state index in [1.807, 2.05) is 11.3 Å². The van der Waals surface area contributed by atoms with Crippen molar-refractivity contribution in [2.24, 2.45) is 0 Å². The number of nitrogens with one attached hydrogen (secondary N) is 1. The average Bonchev–Trinajstić information content (AvgIpc) is 2.75. The summed E-state index contributed by atoms with van der Waals surface area (Å²) < 4.78 is 1.20. The van der Waals surface area contributed by atoms with E-state index in [9.17, 15) is 0 Å². The number of anilines is 1. The molecule has 3 aromatic rings. The lowest BCUT2D eigenvalue weighted by Crippen LogP contribution is -1.97. The van der Waals surface area contributed by atoms with Gasteiger partial charge >= 0.3 is 0 Å². The van der Waals surface area contributed by atoms with Crippen LogP contribution in [0.5, 0.6) is 0 Å². The maximum Gasteiger partial charge on any atom is 0.0494 e. The zero-order chi connectivity index (χ0) is 13.2. The van der Waals surface area contributed by atoms with Crippen molar-refractivity contribution in [1.29, 1.82) is 0 Å². The first kappa shape index (κ1) is 12.7. The molecular weight excluding hydrogens is 318 g/mol. The summed E-state index contributed by atoms with van der Waals surface area (Å²) in [7, 11) is 0. The van der Waals surface area contributed by atoms with Crippen molar-refractivity contribution in [3.05, 3.63) is 62.8 Å². The average molecular weight is 332 g/mol. The summed E-state index contributed by atoms with van der Waals surface area (Å²) in [5.41, 5.74) is 1.19. The minimum absolute atomic E-state index is 0.866. The van der Waals surface area contributed by atoms with Crippen LogP contribution >= 0.6 is 27.3 Å². The minimum atomic E-state index is 0.866. The Bertz CT molecular complexity index is 693. The molecule has 0 unspecified atom stereocenters. The van der Waals surface area contributed by atoms with Crippen molar-refractivity contribution in [2.45, 2.75) is 13.5 Å². The molecule has 0 saturated heterocycles. The molecule has 3 rings (SSSR count). The highest BCUT2D eigenvalue weighted by molar-refractivity contribution is 9.10. The number of rotatable bonds is 3. The van der Waals surface area contributed by atoms with Crippen molar-refractivity contribution in [1.82, 2.24) is 0 Å². The molecule has 0 fully saturated rings. The molecule has 0 radical (unpaired) electrons. The summed E-state index contributed by atoms with van der Waals surface area (Å²) in [6.45, 7) is 3.00. The number of hydrogen-bond acceptors (Lipinski definition) is 2.